The molecule has 0 saturated carbocycles. The third kappa shape index (κ3) is 4.76. The second kappa shape index (κ2) is 8.86. The summed E-state index contributed by atoms with van der Waals surface area (Å²) in [5.41, 5.74) is 3.65. The van der Waals surface area contributed by atoms with Crippen LogP contribution in [0.4, 0.5) is 11.4 Å². The Kier molecular flexibility index (Phi) is 6.53. The van der Waals surface area contributed by atoms with Crippen molar-refractivity contribution in [3.05, 3.63) is 92.9 Å². The van der Waals surface area contributed by atoms with Crippen LogP contribution in [0.1, 0.15) is 11.1 Å². The van der Waals surface area contributed by atoms with E-state index in [1.54, 1.807) is 0 Å². The van der Waals surface area contributed by atoms with Crippen LogP contribution in [0.2, 0.25) is 0 Å². The van der Waals surface area contributed by atoms with E-state index in [-0.39, 0.29) is 0 Å². The summed E-state index contributed by atoms with van der Waals surface area (Å²) in [6.45, 7) is 0. The molecule has 26 heavy (non-hydrogen) atoms. The van der Waals surface area contributed by atoms with Crippen molar-refractivity contribution in [3.63, 3.8) is 0 Å². The van der Waals surface area contributed by atoms with E-state index in [0.29, 0.717) is 9.98 Å². The number of benzene rings is 3. The minimum atomic E-state index is 0.658. The molecule has 2 nitrogen and oxygen atoms in total. The van der Waals surface area contributed by atoms with Crippen LogP contribution in [-0.4, -0.2) is 9.98 Å². The van der Waals surface area contributed by atoms with Gasteiger partial charge in [0.1, 0.15) is 9.98 Å². The summed E-state index contributed by atoms with van der Waals surface area (Å²) in [7, 11) is 0. The lowest BCUT2D eigenvalue weighted by molar-refractivity contribution is 1.53. The Hall–Kier alpha value is -1.60. The van der Waals surface area contributed by atoms with E-state index in [1.807, 2.05) is 72.8 Å². The molecule has 0 spiro atoms. The molecule has 0 amide bonds. The summed E-state index contributed by atoms with van der Waals surface area (Å²) in [6.07, 6.45) is 0. The Morgan fingerprint density at radius 1 is 0.615 bits per heavy atom. The molecule has 0 aliphatic rings. The van der Waals surface area contributed by atoms with Gasteiger partial charge in [-0.25, -0.2) is 0 Å². The topological polar surface area (TPSA) is 24.1 Å². The van der Waals surface area contributed by atoms with E-state index in [9.17, 15) is 0 Å². The predicted molar refractivity (Wildman–Crippen MR) is 125 cm³/mol. The van der Waals surface area contributed by atoms with Crippen molar-refractivity contribution in [2.45, 2.75) is 0 Å². The van der Waals surface area contributed by atoms with Crippen LogP contribution >= 0.6 is 56.3 Å². The van der Waals surface area contributed by atoms with E-state index in [0.717, 1.165) is 31.4 Å². The molecule has 2 N–H and O–H groups in total. The molecular formula is C20H14Br2N2S2. The Morgan fingerprint density at radius 3 is 1.38 bits per heavy atom. The van der Waals surface area contributed by atoms with Gasteiger partial charge < -0.3 is 10.6 Å². The molecule has 0 heterocycles. The zero-order chi connectivity index (χ0) is 18.5. The maximum Gasteiger partial charge on any atom is 0.111 e. The monoisotopic (exact) mass is 504 g/mol. The molecule has 0 aliphatic heterocycles. The highest BCUT2D eigenvalue weighted by Crippen LogP contribution is 2.34. The zero-order valence-electron chi connectivity index (χ0n) is 13.5. The molecule has 0 atom stereocenters. The molecule has 3 aromatic rings. The standard InChI is InChI=1S/C20H14Br2N2S2/c21-15-11-16(22)18(24-20(26)14-9-5-2-6-10-14)12-17(15)23-19(25)13-7-3-1-4-8-13/h1-12H,(H,23,25)(H,24,26). The van der Waals surface area contributed by atoms with Gasteiger partial charge in [-0.3, -0.25) is 0 Å². The highest BCUT2D eigenvalue weighted by atomic mass is 79.9. The largest absolute Gasteiger partial charge is 0.345 e. The van der Waals surface area contributed by atoms with Crippen LogP contribution in [0.15, 0.2) is 81.7 Å². The van der Waals surface area contributed by atoms with Gasteiger partial charge in [0.25, 0.3) is 0 Å². The number of hydrogen-bond donors (Lipinski definition) is 2. The molecule has 0 aliphatic carbocycles. The quantitative estimate of drug-likeness (QED) is 0.381. The van der Waals surface area contributed by atoms with Crippen molar-refractivity contribution in [2.24, 2.45) is 0 Å². The highest BCUT2D eigenvalue weighted by Gasteiger charge is 2.11. The molecule has 0 saturated heterocycles. The average molecular weight is 506 g/mol. The van der Waals surface area contributed by atoms with Crippen LogP contribution in [-0.2, 0) is 0 Å². The van der Waals surface area contributed by atoms with Gasteiger partial charge in [-0.2, -0.15) is 0 Å². The van der Waals surface area contributed by atoms with E-state index in [1.165, 1.54) is 0 Å². The Balaban J connectivity index is 1.83. The Bertz CT molecular complexity index is 870. The van der Waals surface area contributed by atoms with Crippen molar-refractivity contribution in [1.29, 1.82) is 0 Å². The lowest BCUT2D eigenvalue weighted by Gasteiger charge is -2.15. The number of hydrogen-bond acceptors (Lipinski definition) is 2. The van der Waals surface area contributed by atoms with E-state index >= 15 is 0 Å². The van der Waals surface area contributed by atoms with Crippen LogP contribution in [0.5, 0.6) is 0 Å². The SMILES string of the molecule is S=C(Nc1cc(NC(=S)c2ccccc2)c(Br)cc1Br)c1ccccc1. The van der Waals surface area contributed by atoms with Crippen molar-refractivity contribution >= 4 is 77.6 Å². The van der Waals surface area contributed by atoms with Gasteiger partial charge in [-0.05, 0) is 44.0 Å². The highest BCUT2D eigenvalue weighted by molar-refractivity contribution is 9.11. The number of anilines is 2. The van der Waals surface area contributed by atoms with Crippen molar-refractivity contribution in [2.75, 3.05) is 10.6 Å². The Morgan fingerprint density at radius 2 is 1.00 bits per heavy atom. The smallest absolute Gasteiger partial charge is 0.111 e. The van der Waals surface area contributed by atoms with Gasteiger partial charge in [0.05, 0.1) is 11.4 Å². The molecule has 130 valence electrons. The maximum absolute atomic E-state index is 5.51. The molecule has 0 unspecified atom stereocenters. The molecule has 3 aromatic carbocycles. The van der Waals surface area contributed by atoms with E-state index in [4.69, 9.17) is 24.4 Å². The third-order valence-corrected chi connectivity index (χ3v) is 5.61. The Labute approximate surface area is 180 Å². The summed E-state index contributed by atoms with van der Waals surface area (Å²) in [4.78, 5) is 1.32. The van der Waals surface area contributed by atoms with Gasteiger partial charge in [0.15, 0.2) is 0 Å². The van der Waals surface area contributed by atoms with Gasteiger partial charge in [0.2, 0.25) is 0 Å². The zero-order valence-corrected chi connectivity index (χ0v) is 18.3. The molecule has 0 fully saturated rings. The van der Waals surface area contributed by atoms with Crippen molar-refractivity contribution in [1.82, 2.24) is 0 Å². The minimum Gasteiger partial charge on any atom is -0.345 e. The predicted octanol–water partition coefficient (Wildman–Crippen LogP) is 6.79. The molecular weight excluding hydrogens is 492 g/mol. The van der Waals surface area contributed by atoms with Crippen LogP contribution in [0.3, 0.4) is 0 Å². The van der Waals surface area contributed by atoms with Gasteiger partial charge in [-0.1, -0.05) is 85.1 Å². The first-order chi connectivity index (χ1) is 12.5. The number of rotatable bonds is 4. The molecule has 0 radical (unpaired) electrons. The first kappa shape index (κ1) is 19.2. The van der Waals surface area contributed by atoms with Crippen LogP contribution in [0, 0.1) is 0 Å². The van der Waals surface area contributed by atoms with E-state index < -0.39 is 0 Å². The first-order valence-electron chi connectivity index (χ1n) is 7.76. The molecule has 3 rings (SSSR count). The van der Waals surface area contributed by atoms with Crippen LogP contribution < -0.4 is 10.6 Å². The molecule has 6 heteroatoms. The normalized spacial score (nSPS) is 10.2. The van der Waals surface area contributed by atoms with E-state index in [2.05, 4.69) is 42.5 Å². The summed E-state index contributed by atoms with van der Waals surface area (Å²) >= 11 is 18.2. The fourth-order valence-electron chi connectivity index (χ4n) is 2.31. The van der Waals surface area contributed by atoms with Gasteiger partial charge in [0, 0.05) is 20.1 Å². The summed E-state index contributed by atoms with van der Waals surface area (Å²) in [5, 5.41) is 6.58. The second-order valence-electron chi connectivity index (χ2n) is 5.45. The molecule has 0 aromatic heterocycles. The molecule has 0 bridgehead atoms. The number of halogens is 2. The number of thiocarbonyl (C=S) groups is 2. The third-order valence-electron chi connectivity index (χ3n) is 3.63. The summed E-state index contributed by atoms with van der Waals surface area (Å²) < 4.78 is 1.80. The fourth-order valence-corrected chi connectivity index (χ4v) is 3.99. The van der Waals surface area contributed by atoms with Crippen molar-refractivity contribution < 1.29 is 0 Å². The lowest BCUT2D eigenvalue weighted by atomic mass is 10.2. The van der Waals surface area contributed by atoms with Crippen LogP contribution in [0.25, 0.3) is 0 Å². The average Bonchev–Trinajstić information content (AvgIpc) is 2.66. The second-order valence-corrected chi connectivity index (χ2v) is 7.98. The summed E-state index contributed by atoms with van der Waals surface area (Å²) in [6, 6.07) is 23.6. The van der Waals surface area contributed by atoms with Crippen molar-refractivity contribution in [3.8, 4) is 0 Å². The van der Waals surface area contributed by atoms with Gasteiger partial charge in [-0.15, -0.1) is 0 Å². The van der Waals surface area contributed by atoms with Gasteiger partial charge >= 0.3 is 0 Å². The fraction of sp³-hybridized carbons (Fsp3) is 0. The summed E-state index contributed by atoms with van der Waals surface area (Å²) in [5.74, 6) is 0. The number of nitrogens with one attached hydrogen (secondary N) is 2. The lowest BCUT2D eigenvalue weighted by Crippen LogP contribution is -2.13. The maximum atomic E-state index is 5.51. The minimum absolute atomic E-state index is 0.658. The first-order valence-corrected chi connectivity index (χ1v) is 10.2.